The number of rotatable bonds is 4. The number of hydrogen-bond acceptors (Lipinski definition) is 2. The molecule has 1 fully saturated rings. The maximum absolute atomic E-state index is 13.8. The van der Waals surface area contributed by atoms with Gasteiger partial charge in [-0.15, -0.1) is 0 Å². The van der Waals surface area contributed by atoms with Gasteiger partial charge in [-0.25, -0.2) is 4.39 Å². The lowest BCUT2D eigenvalue weighted by Crippen LogP contribution is -2.44. The summed E-state index contributed by atoms with van der Waals surface area (Å²) in [6.07, 6.45) is 1.20. The Balaban J connectivity index is 1.64. The number of amides is 2. The first-order valence-electron chi connectivity index (χ1n) is 9.02. The summed E-state index contributed by atoms with van der Waals surface area (Å²) < 4.78 is 13.8. The summed E-state index contributed by atoms with van der Waals surface area (Å²) in [5, 5.41) is 0. The number of para-hydroxylation sites is 1. The first-order valence-corrected chi connectivity index (χ1v) is 9.02. The molecular formula is C21H23FN2O2. The van der Waals surface area contributed by atoms with Crippen molar-refractivity contribution < 1.29 is 14.0 Å². The lowest BCUT2D eigenvalue weighted by molar-refractivity contribution is -0.123. The van der Waals surface area contributed by atoms with E-state index in [9.17, 15) is 14.0 Å². The molecule has 4 nitrogen and oxygen atoms in total. The summed E-state index contributed by atoms with van der Waals surface area (Å²) in [4.78, 5) is 28.8. The van der Waals surface area contributed by atoms with Crippen LogP contribution in [0.15, 0.2) is 54.6 Å². The zero-order valence-corrected chi connectivity index (χ0v) is 14.9. The first-order chi connectivity index (χ1) is 12.6. The molecule has 1 heterocycles. The minimum atomic E-state index is -0.503. The number of carbonyl (C=O) groups is 2. The SMILES string of the molecule is CCN(C(=O)C1CCN(C(=O)c2ccccc2F)CC1)c1ccccc1. The second kappa shape index (κ2) is 8.13. The average Bonchev–Trinajstić information content (AvgIpc) is 2.69. The highest BCUT2D eigenvalue weighted by atomic mass is 19.1. The normalized spacial score (nSPS) is 14.9. The Labute approximate surface area is 153 Å². The van der Waals surface area contributed by atoms with Crippen LogP contribution in [-0.4, -0.2) is 36.3 Å². The van der Waals surface area contributed by atoms with Crippen molar-refractivity contribution in [1.82, 2.24) is 4.90 Å². The third kappa shape index (κ3) is 3.77. The average molecular weight is 354 g/mol. The van der Waals surface area contributed by atoms with Crippen molar-refractivity contribution in [3.05, 3.63) is 66.0 Å². The van der Waals surface area contributed by atoms with Gasteiger partial charge in [-0.2, -0.15) is 0 Å². The molecule has 26 heavy (non-hydrogen) atoms. The highest BCUT2D eigenvalue weighted by molar-refractivity contribution is 5.96. The van der Waals surface area contributed by atoms with E-state index in [0.717, 1.165) is 5.69 Å². The van der Waals surface area contributed by atoms with Gasteiger partial charge in [0.05, 0.1) is 5.56 Å². The fourth-order valence-corrected chi connectivity index (χ4v) is 3.43. The standard InChI is InChI=1S/C21H23FN2O2/c1-2-24(17-8-4-3-5-9-17)20(25)16-12-14-23(15-13-16)21(26)18-10-6-7-11-19(18)22/h3-11,16H,2,12-15H2,1H3. The molecule has 2 amide bonds. The van der Waals surface area contributed by atoms with Crippen molar-refractivity contribution in [3.8, 4) is 0 Å². The Morgan fingerprint density at radius 2 is 1.65 bits per heavy atom. The summed E-state index contributed by atoms with van der Waals surface area (Å²) in [6.45, 7) is 3.50. The molecule has 0 N–H and O–H groups in total. The molecule has 136 valence electrons. The van der Waals surface area contributed by atoms with Crippen molar-refractivity contribution >= 4 is 17.5 Å². The third-order valence-corrected chi connectivity index (χ3v) is 4.89. The largest absolute Gasteiger partial charge is 0.339 e. The highest BCUT2D eigenvalue weighted by Gasteiger charge is 2.31. The maximum Gasteiger partial charge on any atom is 0.256 e. The van der Waals surface area contributed by atoms with Crippen LogP contribution >= 0.6 is 0 Å². The summed E-state index contributed by atoms with van der Waals surface area (Å²) in [5.41, 5.74) is 0.988. The monoisotopic (exact) mass is 354 g/mol. The molecule has 5 heteroatoms. The van der Waals surface area contributed by atoms with Crippen molar-refractivity contribution in [2.24, 2.45) is 5.92 Å². The number of nitrogens with zero attached hydrogens (tertiary/aromatic N) is 2. The van der Waals surface area contributed by atoms with E-state index < -0.39 is 5.82 Å². The van der Waals surface area contributed by atoms with Gasteiger partial charge < -0.3 is 9.80 Å². The van der Waals surface area contributed by atoms with E-state index in [1.54, 1.807) is 21.9 Å². The number of benzene rings is 2. The number of piperidine rings is 1. The zero-order valence-electron chi connectivity index (χ0n) is 14.9. The van der Waals surface area contributed by atoms with Crippen LogP contribution < -0.4 is 4.90 Å². The van der Waals surface area contributed by atoms with E-state index in [4.69, 9.17) is 0 Å². The molecule has 2 aromatic rings. The van der Waals surface area contributed by atoms with Crippen LogP contribution in [0.25, 0.3) is 0 Å². The smallest absolute Gasteiger partial charge is 0.256 e. The number of hydrogen-bond donors (Lipinski definition) is 0. The lowest BCUT2D eigenvalue weighted by Gasteiger charge is -2.34. The van der Waals surface area contributed by atoms with Gasteiger partial charge in [-0.3, -0.25) is 9.59 Å². The predicted molar refractivity (Wildman–Crippen MR) is 99.5 cm³/mol. The second-order valence-corrected chi connectivity index (χ2v) is 6.46. The minimum absolute atomic E-state index is 0.0942. The van der Waals surface area contributed by atoms with Gasteiger partial charge in [0.1, 0.15) is 5.82 Å². The van der Waals surface area contributed by atoms with Crippen molar-refractivity contribution in [1.29, 1.82) is 0 Å². The number of carbonyl (C=O) groups excluding carboxylic acids is 2. The van der Waals surface area contributed by atoms with Crippen LogP contribution in [-0.2, 0) is 4.79 Å². The van der Waals surface area contributed by atoms with E-state index in [1.165, 1.54) is 12.1 Å². The van der Waals surface area contributed by atoms with Crippen molar-refractivity contribution in [2.75, 3.05) is 24.5 Å². The molecule has 0 unspecified atom stereocenters. The number of anilines is 1. The van der Waals surface area contributed by atoms with Crippen molar-refractivity contribution in [2.45, 2.75) is 19.8 Å². The van der Waals surface area contributed by atoms with Gasteiger partial charge in [0, 0.05) is 31.2 Å². The molecule has 0 saturated carbocycles. The fraction of sp³-hybridized carbons (Fsp3) is 0.333. The molecular weight excluding hydrogens is 331 g/mol. The Hall–Kier alpha value is -2.69. The summed E-state index contributed by atoms with van der Waals surface area (Å²) >= 11 is 0. The Bertz CT molecular complexity index is 771. The molecule has 0 aliphatic carbocycles. The van der Waals surface area contributed by atoms with Gasteiger partial charge in [0.15, 0.2) is 0 Å². The third-order valence-electron chi connectivity index (χ3n) is 4.89. The van der Waals surface area contributed by atoms with E-state index in [0.29, 0.717) is 32.5 Å². The van der Waals surface area contributed by atoms with Crippen molar-refractivity contribution in [3.63, 3.8) is 0 Å². The number of likely N-dealkylation sites (tertiary alicyclic amines) is 1. The second-order valence-electron chi connectivity index (χ2n) is 6.46. The van der Waals surface area contributed by atoms with Gasteiger partial charge >= 0.3 is 0 Å². The quantitative estimate of drug-likeness (QED) is 0.839. The van der Waals surface area contributed by atoms with Gasteiger partial charge in [-0.1, -0.05) is 30.3 Å². The van der Waals surface area contributed by atoms with Crippen LogP contribution in [0.1, 0.15) is 30.1 Å². The molecule has 0 radical (unpaired) electrons. The summed E-state index contributed by atoms with van der Waals surface area (Å²) in [5.74, 6) is -0.821. The predicted octanol–water partition coefficient (Wildman–Crippen LogP) is 3.73. The van der Waals surface area contributed by atoms with E-state index in [-0.39, 0.29) is 23.3 Å². The van der Waals surface area contributed by atoms with Crippen LogP contribution in [0.2, 0.25) is 0 Å². The Morgan fingerprint density at radius 3 is 2.27 bits per heavy atom. The van der Waals surface area contributed by atoms with Crippen LogP contribution in [0.4, 0.5) is 10.1 Å². The molecule has 0 aromatic heterocycles. The molecule has 1 saturated heterocycles. The summed E-state index contributed by atoms with van der Waals surface area (Å²) in [7, 11) is 0. The van der Waals surface area contributed by atoms with E-state index in [2.05, 4.69) is 0 Å². The Morgan fingerprint density at radius 1 is 1.04 bits per heavy atom. The number of halogens is 1. The van der Waals surface area contributed by atoms with E-state index >= 15 is 0 Å². The minimum Gasteiger partial charge on any atom is -0.339 e. The fourth-order valence-electron chi connectivity index (χ4n) is 3.43. The van der Waals surface area contributed by atoms with Crippen LogP contribution in [0.5, 0.6) is 0 Å². The molecule has 0 atom stereocenters. The van der Waals surface area contributed by atoms with Gasteiger partial charge in [-0.05, 0) is 44.0 Å². The maximum atomic E-state index is 13.8. The summed E-state index contributed by atoms with van der Waals surface area (Å²) in [6, 6.07) is 15.6. The van der Waals surface area contributed by atoms with Crippen LogP contribution in [0.3, 0.4) is 0 Å². The zero-order chi connectivity index (χ0) is 18.5. The molecule has 3 rings (SSSR count). The molecule has 2 aromatic carbocycles. The van der Waals surface area contributed by atoms with E-state index in [1.807, 2.05) is 37.3 Å². The van der Waals surface area contributed by atoms with Gasteiger partial charge in [0.2, 0.25) is 5.91 Å². The topological polar surface area (TPSA) is 40.6 Å². The van der Waals surface area contributed by atoms with Crippen LogP contribution in [0, 0.1) is 11.7 Å². The molecule has 1 aliphatic rings. The lowest BCUT2D eigenvalue weighted by atomic mass is 9.94. The molecule has 1 aliphatic heterocycles. The first kappa shape index (κ1) is 18.1. The van der Waals surface area contributed by atoms with Gasteiger partial charge in [0.25, 0.3) is 5.91 Å². The molecule has 0 spiro atoms. The Kier molecular flexibility index (Phi) is 5.66. The highest BCUT2D eigenvalue weighted by Crippen LogP contribution is 2.24. The molecule has 0 bridgehead atoms.